The number of carbonyl (C=O) groups excluding carboxylic acids is 1. The smallest absolute Gasteiger partial charge is 0.220 e. The van der Waals surface area contributed by atoms with Gasteiger partial charge >= 0.3 is 0 Å². The van der Waals surface area contributed by atoms with Crippen LogP contribution in [-0.2, 0) is 23.7 Å². The summed E-state index contributed by atoms with van der Waals surface area (Å²) < 4.78 is 23.0. The standard InChI is InChI=1S/C91H175NO13/c1-3-5-7-9-11-13-15-17-19-21-23-25-27-29-31-33-35-37-38-39-40-41-42-43-45-47-49-51-53-55-57-59-61-63-65-67-69-71-73-75-83(96)92-79(78-102-90-88(101)86(99)89(82(77-94)104-90)105-91-87(100)85(98)84(97)81(76-93)103-91)80(95)74-72-70-68-66-64-62-60-58-56-54-52-50-48-46-44-36-34-32-30-28-26-24-22-20-18-16-14-12-10-8-6-4-2/h15,17,21,23,79-82,84-91,93-95,97-101H,3-14,16,18-20,22,24-78H2,1-2H3,(H,92,96)/b17-15-,23-21-. The van der Waals surface area contributed by atoms with Crippen LogP contribution in [0.5, 0.6) is 0 Å². The van der Waals surface area contributed by atoms with Gasteiger partial charge in [-0.1, -0.05) is 430 Å². The van der Waals surface area contributed by atoms with Crippen LogP contribution in [0.25, 0.3) is 0 Å². The molecule has 0 saturated carbocycles. The van der Waals surface area contributed by atoms with Crippen LogP contribution in [0.1, 0.15) is 457 Å². The van der Waals surface area contributed by atoms with Crippen molar-refractivity contribution in [2.75, 3.05) is 19.8 Å². The van der Waals surface area contributed by atoms with E-state index in [9.17, 15) is 45.6 Å². The lowest BCUT2D eigenvalue weighted by Crippen LogP contribution is -2.65. The minimum absolute atomic E-state index is 0.195. The van der Waals surface area contributed by atoms with Crippen LogP contribution in [0.2, 0.25) is 0 Å². The minimum atomic E-state index is -1.78. The summed E-state index contributed by atoms with van der Waals surface area (Å²) in [5.74, 6) is -0.195. The molecule has 2 rings (SSSR count). The number of aliphatic hydroxyl groups excluding tert-OH is 8. The van der Waals surface area contributed by atoms with Gasteiger partial charge in [-0.3, -0.25) is 4.79 Å². The van der Waals surface area contributed by atoms with Gasteiger partial charge in [0.1, 0.15) is 48.8 Å². The second kappa shape index (κ2) is 75.2. The molecule has 1 amide bonds. The van der Waals surface area contributed by atoms with Gasteiger partial charge in [0.2, 0.25) is 5.91 Å². The summed E-state index contributed by atoms with van der Waals surface area (Å²) in [5.41, 5.74) is 0. The van der Waals surface area contributed by atoms with Gasteiger partial charge in [-0.15, -0.1) is 0 Å². The maximum atomic E-state index is 13.4. The van der Waals surface area contributed by atoms with Crippen LogP contribution < -0.4 is 5.32 Å². The van der Waals surface area contributed by atoms with E-state index in [0.717, 1.165) is 57.8 Å². The zero-order valence-corrected chi connectivity index (χ0v) is 68.8. The van der Waals surface area contributed by atoms with E-state index in [1.807, 2.05) is 0 Å². The topological polar surface area (TPSA) is 228 Å². The van der Waals surface area contributed by atoms with Gasteiger partial charge in [0.25, 0.3) is 0 Å². The number of allylic oxidation sites excluding steroid dienone is 4. The summed E-state index contributed by atoms with van der Waals surface area (Å²) in [6.07, 6.45) is 82.7. The van der Waals surface area contributed by atoms with Crippen LogP contribution in [-0.4, -0.2) is 140 Å². The molecule has 0 aromatic heterocycles. The SMILES string of the molecule is CCCCCCC/C=C\C/C=C\CCCCCCCCCCCCCCCCCCCCCCCCCCCCCC(=O)NC(COC1OC(CO)C(OC2OC(CO)C(O)C(O)C2O)C(O)C1O)C(O)CCCCCCCCCCCCCCCCCCCCCCCCCCCCCCCCCC. The Morgan fingerprint density at radius 1 is 0.343 bits per heavy atom. The molecule has 0 aromatic carbocycles. The van der Waals surface area contributed by atoms with E-state index in [2.05, 4.69) is 43.5 Å². The van der Waals surface area contributed by atoms with Crippen LogP contribution in [0.15, 0.2) is 24.3 Å². The lowest BCUT2D eigenvalue weighted by Gasteiger charge is -2.46. The summed E-state index contributed by atoms with van der Waals surface area (Å²) in [5, 5.41) is 88.1. The highest BCUT2D eigenvalue weighted by molar-refractivity contribution is 5.76. The average Bonchev–Trinajstić information content (AvgIpc) is 0.789. The maximum absolute atomic E-state index is 13.4. The van der Waals surface area contributed by atoms with Crippen molar-refractivity contribution in [3.05, 3.63) is 24.3 Å². The quantitative estimate of drug-likeness (QED) is 0.0204. The van der Waals surface area contributed by atoms with Crippen LogP contribution in [0, 0.1) is 0 Å². The Kier molecular flexibility index (Phi) is 71.3. The molecule has 2 heterocycles. The average molecular weight is 1490 g/mol. The van der Waals surface area contributed by atoms with Gasteiger partial charge in [-0.25, -0.2) is 0 Å². The normalized spacial score (nSPS) is 21.4. The second-order valence-corrected chi connectivity index (χ2v) is 32.8. The fourth-order valence-electron chi connectivity index (χ4n) is 15.7. The van der Waals surface area contributed by atoms with E-state index in [4.69, 9.17) is 18.9 Å². The van der Waals surface area contributed by atoms with Crippen molar-refractivity contribution in [2.24, 2.45) is 0 Å². The number of amides is 1. The Balaban J connectivity index is 1.54. The summed E-state index contributed by atoms with van der Waals surface area (Å²) in [6, 6.07) is -0.828. The minimum Gasteiger partial charge on any atom is -0.394 e. The van der Waals surface area contributed by atoms with Gasteiger partial charge in [0, 0.05) is 6.42 Å². The molecule has 622 valence electrons. The van der Waals surface area contributed by atoms with Crippen molar-refractivity contribution < 1.29 is 64.6 Å². The highest BCUT2D eigenvalue weighted by atomic mass is 16.7. The third-order valence-electron chi connectivity index (χ3n) is 22.9. The summed E-state index contributed by atoms with van der Waals surface area (Å²) in [7, 11) is 0. The van der Waals surface area contributed by atoms with E-state index in [-0.39, 0.29) is 12.5 Å². The van der Waals surface area contributed by atoms with Gasteiger partial charge < -0.3 is 65.1 Å². The van der Waals surface area contributed by atoms with E-state index >= 15 is 0 Å². The number of hydrogen-bond donors (Lipinski definition) is 9. The van der Waals surface area contributed by atoms with E-state index < -0.39 is 86.8 Å². The van der Waals surface area contributed by atoms with Crippen molar-refractivity contribution in [3.63, 3.8) is 0 Å². The number of carbonyl (C=O) groups is 1. The fraction of sp³-hybridized carbons (Fsp3) is 0.945. The molecule has 12 atom stereocenters. The lowest BCUT2D eigenvalue weighted by molar-refractivity contribution is -0.359. The molecule has 2 aliphatic heterocycles. The fourth-order valence-corrected chi connectivity index (χ4v) is 15.7. The monoisotopic (exact) mass is 1490 g/mol. The number of aliphatic hydroxyl groups is 8. The van der Waals surface area contributed by atoms with Crippen LogP contribution >= 0.6 is 0 Å². The second-order valence-electron chi connectivity index (χ2n) is 32.8. The molecule has 9 N–H and O–H groups in total. The molecule has 0 aliphatic carbocycles. The molecule has 12 unspecified atom stereocenters. The predicted molar refractivity (Wildman–Crippen MR) is 438 cm³/mol. The molecular formula is C91H175NO13. The third kappa shape index (κ3) is 57.2. The number of hydrogen-bond acceptors (Lipinski definition) is 13. The first-order valence-corrected chi connectivity index (χ1v) is 46.1. The van der Waals surface area contributed by atoms with E-state index in [1.165, 1.54) is 372 Å². The number of nitrogens with one attached hydrogen (secondary N) is 1. The highest BCUT2D eigenvalue weighted by Gasteiger charge is 2.51. The first kappa shape index (κ1) is 99.5. The van der Waals surface area contributed by atoms with Crippen molar-refractivity contribution in [1.29, 1.82) is 0 Å². The number of ether oxygens (including phenoxy) is 4. The molecule has 0 aromatic rings. The molecule has 2 saturated heterocycles. The molecule has 2 aliphatic rings. The summed E-state index contributed by atoms with van der Waals surface area (Å²) in [6.45, 7) is 2.94. The zero-order valence-electron chi connectivity index (χ0n) is 68.8. The van der Waals surface area contributed by atoms with Crippen LogP contribution in [0.4, 0.5) is 0 Å². The van der Waals surface area contributed by atoms with Crippen molar-refractivity contribution >= 4 is 5.91 Å². The predicted octanol–water partition coefficient (Wildman–Crippen LogP) is 22.5. The molecular weight excluding hydrogens is 1310 g/mol. The Morgan fingerprint density at radius 3 is 0.952 bits per heavy atom. The molecule has 0 spiro atoms. The Hall–Kier alpha value is -1.53. The highest BCUT2D eigenvalue weighted by Crippen LogP contribution is 2.31. The van der Waals surface area contributed by atoms with E-state index in [1.54, 1.807) is 0 Å². The van der Waals surface area contributed by atoms with Gasteiger partial charge in [0.05, 0.1) is 32.0 Å². The summed E-state index contributed by atoms with van der Waals surface area (Å²) >= 11 is 0. The zero-order chi connectivity index (χ0) is 75.8. The van der Waals surface area contributed by atoms with Crippen molar-refractivity contribution in [2.45, 2.75) is 530 Å². The molecule has 0 radical (unpaired) electrons. The van der Waals surface area contributed by atoms with Gasteiger partial charge in [-0.2, -0.15) is 0 Å². The maximum Gasteiger partial charge on any atom is 0.220 e. The lowest BCUT2D eigenvalue weighted by atomic mass is 9.97. The molecule has 14 nitrogen and oxygen atoms in total. The molecule has 0 bridgehead atoms. The van der Waals surface area contributed by atoms with Gasteiger partial charge in [-0.05, 0) is 44.9 Å². The molecule has 2 fully saturated rings. The van der Waals surface area contributed by atoms with Crippen molar-refractivity contribution in [1.82, 2.24) is 5.32 Å². The third-order valence-corrected chi connectivity index (χ3v) is 22.9. The first-order valence-electron chi connectivity index (χ1n) is 46.1. The Bertz CT molecular complexity index is 1860. The Labute approximate surface area is 647 Å². The number of unbranched alkanes of at least 4 members (excludes halogenated alkanes) is 63. The van der Waals surface area contributed by atoms with Crippen LogP contribution in [0.3, 0.4) is 0 Å². The molecule has 14 heteroatoms. The largest absolute Gasteiger partial charge is 0.394 e. The molecule has 105 heavy (non-hydrogen) atoms. The summed E-state index contributed by atoms with van der Waals surface area (Å²) in [4.78, 5) is 13.4. The first-order chi connectivity index (χ1) is 51.6. The number of rotatable bonds is 80. The van der Waals surface area contributed by atoms with Gasteiger partial charge in [0.15, 0.2) is 12.6 Å². The van der Waals surface area contributed by atoms with Crippen molar-refractivity contribution in [3.8, 4) is 0 Å². The Morgan fingerprint density at radius 2 is 0.629 bits per heavy atom. The van der Waals surface area contributed by atoms with E-state index in [0.29, 0.717) is 12.8 Å².